The van der Waals surface area contributed by atoms with Crippen molar-refractivity contribution in [2.45, 2.75) is 20.3 Å². The molecule has 188 valence electrons. The van der Waals surface area contributed by atoms with E-state index in [2.05, 4.69) is 31.3 Å². The van der Waals surface area contributed by atoms with Crippen LogP contribution in [0.25, 0.3) is 10.9 Å². The van der Waals surface area contributed by atoms with Gasteiger partial charge in [-0.2, -0.15) is 9.78 Å². The Kier molecular flexibility index (Phi) is 7.73. The van der Waals surface area contributed by atoms with Crippen molar-refractivity contribution < 1.29 is 14.5 Å². The molecule has 1 amide bonds. The Morgan fingerprint density at radius 2 is 2.00 bits per heavy atom. The Balaban J connectivity index is 1.65. The highest BCUT2D eigenvalue weighted by molar-refractivity contribution is 9.10. The molecule has 4 aromatic rings. The molecule has 4 rings (SSSR count). The number of nitrogens with one attached hydrogen (secondary N) is 1. The summed E-state index contributed by atoms with van der Waals surface area (Å²) in [6.07, 6.45) is 1.71. The Bertz CT molecular complexity index is 1600. The fourth-order valence-electron chi connectivity index (χ4n) is 3.59. The number of amides is 1. The monoisotopic (exact) mass is 563 g/mol. The quantitative estimate of drug-likeness (QED) is 0.185. The summed E-state index contributed by atoms with van der Waals surface area (Å²) in [5.74, 6) is 0.211. The van der Waals surface area contributed by atoms with Crippen molar-refractivity contribution in [2.24, 2.45) is 5.10 Å². The van der Waals surface area contributed by atoms with Crippen molar-refractivity contribution in [3.05, 3.63) is 103 Å². The summed E-state index contributed by atoms with van der Waals surface area (Å²) in [5.41, 5.74) is 1.74. The van der Waals surface area contributed by atoms with Gasteiger partial charge < -0.3 is 10.1 Å². The second kappa shape index (κ2) is 11.1. The highest BCUT2D eigenvalue weighted by Crippen LogP contribution is 2.23. The summed E-state index contributed by atoms with van der Waals surface area (Å²) in [5, 5.41) is 18.8. The van der Waals surface area contributed by atoms with Gasteiger partial charge in [-0.15, -0.1) is 0 Å². The van der Waals surface area contributed by atoms with Crippen LogP contribution in [0.1, 0.15) is 23.9 Å². The molecule has 37 heavy (non-hydrogen) atoms. The first-order chi connectivity index (χ1) is 17.8. The van der Waals surface area contributed by atoms with Crippen LogP contribution in [0.5, 0.6) is 5.75 Å². The number of non-ortho nitro benzene ring substituents is 1. The predicted octanol–water partition coefficient (Wildman–Crippen LogP) is 4.84. The molecule has 0 atom stereocenters. The molecule has 1 heterocycles. The molecule has 0 saturated carbocycles. The van der Waals surface area contributed by atoms with Gasteiger partial charge in [0.05, 0.1) is 22.0 Å². The van der Waals surface area contributed by atoms with Gasteiger partial charge in [0.2, 0.25) is 0 Å². The third-order valence-corrected chi connectivity index (χ3v) is 5.98. The molecule has 1 N–H and O–H groups in total. The number of fused-ring (bicyclic) bond motifs is 1. The van der Waals surface area contributed by atoms with Gasteiger partial charge in [0.25, 0.3) is 17.2 Å². The first-order valence-corrected chi connectivity index (χ1v) is 12.1. The fraction of sp³-hybridized carbons (Fsp3) is 0.154. The lowest BCUT2D eigenvalue weighted by Crippen LogP contribution is -2.22. The maximum absolute atomic E-state index is 13.2. The summed E-state index contributed by atoms with van der Waals surface area (Å²) < 4.78 is 7.55. The van der Waals surface area contributed by atoms with E-state index >= 15 is 0 Å². The average Bonchev–Trinajstić information content (AvgIpc) is 2.88. The maximum Gasteiger partial charge on any atom is 0.282 e. The van der Waals surface area contributed by atoms with E-state index < -0.39 is 10.8 Å². The molecule has 11 heteroatoms. The van der Waals surface area contributed by atoms with Crippen molar-refractivity contribution in [3.63, 3.8) is 0 Å². The van der Waals surface area contributed by atoms with Gasteiger partial charge in [0, 0.05) is 34.3 Å². The van der Waals surface area contributed by atoms with Gasteiger partial charge in [-0.25, -0.2) is 4.98 Å². The number of aromatic nitrogens is 2. The summed E-state index contributed by atoms with van der Waals surface area (Å²) in [7, 11) is 0. The minimum atomic E-state index is -0.551. The second-order valence-electron chi connectivity index (χ2n) is 8.04. The molecule has 3 aromatic carbocycles. The van der Waals surface area contributed by atoms with Crippen molar-refractivity contribution in [3.8, 4) is 5.75 Å². The first-order valence-electron chi connectivity index (χ1n) is 11.3. The number of rotatable bonds is 8. The first kappa shape index (κ1) is 25.7. The average molecular weight is 564 g/mol. The molecule has 0 fully saturated rings. The molecule has 0 aliphatic carbocycles. The van der Waals surface area contributed by atoms with Crippen LogP contribution in [0.15, 0.2) is 75.0 Å². The van der Waals surface area contributed by atoms with Gasteiger partial charge in [0.1, 0.15) is 11.6 Å². The molecule has 10 nitrogen and oxygen atoms in total. The van der Waals surface area contributed by atoms with E-state index in [1.54, 1.807) is 30.3 Å². The summed E-state index contributed by atoms with van der Waals surface area (Å²) in [6.45, 7) is 3.38. The minimum absolute atomic E-state index is 0.192. The highest BCUT2D eigenvalue weighted by atomic mass is 79.9. The predicted molar refractivity (Wildman–Crippen MR) is 144 cm³/mol. The van der Waals surface area contributed by atoms with Crippen LogP contribution in [0.2, 0.25) is 0 Å². The lowest BCUT2D eigenvalue weighted by Gasteiger charge is -2.11. The topological polar surface area (TPSA) is 129 Å². The van der Waals surface area contributed by atoms with Crippen LogP contribution in [-0.4, -0.2) is 33.3 Å². The Labute approximate surface area is 219 Å². The number of nitro benzene ring substituents is 1. The van der Waals surface area contributed by atoms with Gasteiger partial charge in [-0.1, -0.05) is 41.1 Å². The summed E-state index contributed by atoms with van der Waals surface area (Å²) >= 11 is 3.36. The standard InChI is InChI=1S/C26H22BrN5O5/c1-3-24-29-22-10-8-18(27)13-20(22)26(34)31(24)28-14-17-12-19(32(35)36)9-11-23(17)37-15-25(33)30-21-7-5-4-6-16(21)2/h4-14H,3,15H2,1-2H3,(H,30,33). The van der Waals surface area contributed by atoms with Gasteiger partial charge in [0.15, 0.2) is 6.61 Å². The SMILES string of the molecule is CCc1nc2ccc(Br)cc2c(=O)n1N=Cc1cc([N+](=O)[O-])ccc1OCC(=O)Nc1ccccc1C. The van der Waals surface area contributed by atoms with E-state index in [0.29, 0.717) is 28.8 Å². The largest absolute Gasteiger partial charge is 0.483 e. The number of carbonyl (C=O) groups is 1. The zero-order valence-electron chi connectivity index (χ0n) is 20.0. The molecular weight excluding hydrogens is 542 g/mol. The van der Waals surface area contributed by atoms with Crippen molar-refractivity contribution in [1.82, 2.24) is 9.66 Å². The number of ether oxygens (including phenoxy) is 1. The normalized spacial score (nSPS) is 11.1. The van der Waals surface area contributed by atoms with E-state index in [1.165, 1.54) is 24.4 Å². The molecule has 0 radical (unpaired) electrons. The van der Waals surface area contributed by atoms with Gasteiger partial charge in [-0.3, -0.25) is 19.7 Å². The van der Waals surface area contributed by atoms with Gasteiger partial charge in [-0.05, 0) is 42.8 Å². The van der Waals surface area contributed by atoms with Crippen LogP contribution >= 0.6 is 15.9 Å². The van der Waals surface area contributed by atoms with Crippen molar-refractivity contribution >= 4 is 50.3 Å². The summed E-state index contributed by atoms with van der Waals surface area (Å²) in [6, 6.07) is 16.4. The van der Waals surface area contributed by atoms with Crippen LogP contribution in [0.3, 0.4) is 0 Å². The smallest absolute Gasteiger partial charge is 0.282 e. The number of para-hydroxylation sites is 1. The Morgan fingerprint density at radius 3 is 2.73 bits per heavy atom. The van der Waals surface area contributed by atoms with Crippen LogP contribution in [0.4, 0.5) is 11.4 Å². The second-order valence-corrected chi connectivity index (χ2v) is 8.95. The maximum atomic E-state index is 13.2. The van der Waals surface area contributed by atoms with Crippen LogP contribution < -0.4 is 15.6 Å². The lowest BCUT2D eigenvalue weighted by molar-refractivity contribution is -0.384. The Morgan fingerprint density at radius 1 is 1.22 bits per heavy atom. The van der Waals surface area contributed by atoms with Gasteiger partial charge >= 0.3 is 0 Å². The Hall–Kier alpha value is -4.38. The van der Waals surface area contributed by atoms with E-state index in [0.717, 1.165) is 14.7 Å². The molecule has 0 saturated heterocycles. The number of carbonyl (C=O) groups excluding carboxylic acids is 1. The van der Waals surface area contributed by atoms with Crippen LogP contribution in [-0.2, 0) is 11.2 Å². The third kappa shape index (κ3) is 5.89. The zero-order valence-corrected chi connectivity index (χ0v) is 21.6. The fourth-order valence-corrected chi connectivity index (χ4v) is 3.95. The highest BCUT2D eigenvalue weighted by Gasteiger charge is 2.14. The van der Waals surface area contributed by atoms with Crippen molar-refractivity contribution in [2.75, 3.05) is 11.9 Å². The minimum Gasteiger partial charge on any atom is -0.483 e. The lowest BCUT2D eigenvalue weighted by atomic mass is 10.2. The molecule has 0 aliphatic rings. The van der Waals surface area contributed by atoms with E-state index in [1.807, 2.05) is 26.0 Å². The molecule has 1 aromatic heterocycles. The number of hydrogen-bond donors (Lipinski definition) is 1. The molecule has 0 spiro atoms. The molecular formula is C26H22BrN5O5. The van der Waals surface area contributed by atoms with E-state index in [9.17, 15) is 19.7 Å². The number of halogens is 1. The zero-order chi connectivity index (χ0) is 26.5. The summed E-state index contributed by atoms with van der Waals surface area (Å²) in [4.78, 5) is 40.9. The van der Waals surface area contributed by atoms with Crippen molar-refractivity contribution in [1.29, 1.82) is 0 Å². The van der Waals surface area contributed by atoms with Crippen LogP contribution in [0, 0.1) is 17.0 Å². The number of nitro groups is 1. The molecule has 0 unspecified atom stereocenters. The molecule has 0 aliphatic heterocycles. The number of hydrogen-bond acceptors (Lipinski definition) is 7. The number of anilines is 1. The number of aryl methyl sites for hydroxylation is 2. The third-order valence-electron chi connectivity index (χ3n) is 5.49. The molecule has 0 bridgehead atoms. The van der Waals surface area contributed by atoms with E-state index in [-0.39, 0.29) is 29.2 Å². The number of benzene rings is 3. The number of nitrogens with zero attached hydrogens (tertiary/aromatic N) is 4. The van der Waals surface area contributed by atoms with E-state index in [4.69, 9.17) is 4.74 Å².